The molecule has 0 aromatic heterocycles. The first-order valence-electron chi connectivity index (χ1n) is 9.07. The van der Waals surface area contributed by atoms with Gasteiger partial charge in [0.25, 0.3) is 0 Å². The maximum Gasteiger partial charge on any atom is 0.0423 e. The van der Waals surface area contributed by atoms with Crippen LogP contribution in [0.25, 0.3) is 0 Å². The van der Waals surface area contributed by atoms with Crippen LogP contribution in [-0.2, 0) is 12.8 Å². The lowest BCUT2D eigenvalue weighted by atomic mass is 9.66. The zero-order valence-electron chi connectivity index (χ0n) is 13.0. The lowest BCUT2D eigenvalue weighted by Crippen LogP contribution is -2.29. The Bertz CT molecular complexity index is 507. The van der Waals surface area contributed by atoms with Crippen molar-refractivity contribution in [3.63, 3.8) is 0 Å². The fourth-order valence-corrected chi connectivity index (χ4v) is 5.98. The van der Waals surface area contributed by atoms with E-state index in [2.05, 4.69) is 34.1 Å². The summed E-state index contributed by atoms with van der Waals surface area (Å²) < 4.78 is 0. The van der Waals surface area contributed by atoms with Gasteiger partial charge in [-0.2, -0.15) is 0 Å². The van der Waals surface area contributed by atoms with E-state index < -0.39 is 0 Å². The molecule has 21 heavy (non-hydrogen) atoms. The maximum absolute atomic E-state index is 4.07. The molecule has 0 nitrogen and oxygen atoms in total. The van der Waals surface area contributed by atoms with Crippen LogP contribution in [0, 0.1) is 17.8 Å². The molecular weight excluding hydrogens is 320 g/mol. The van der Waals surface area contributed by atoms with E-state index in [9.17, 15) is 0 Å². The summed E-state index contributed by atoms with van der Waals surface area (Å²) >= 11 is 4.07. The van der Waals surface area contributed by atoms with Gasteiger partial charge in [0, 0.05) is 4.83 Å². The molecule has 0 amide bonds. The second kappa shape index (κ2) is 6.07. The summed E-state index contributed by atoms with van der Waals surface area (Å²) in [5.41, 5.74) is 4.78. The third-order valence-electron chi connectivity index (χ3n) is 6.44. The number of benzene rings is 1. The van der Waals surface area contributed by atoms with Crippen LogP contribution in [0.5, 0.6) is 0 Å². The summed E-state index contributed by atoms with van der Waals surface area (Å²) in [4.78, 5) is 0.589. The standard InChI is InChI=1S/C20H27Br/c21-20(19-11-9-15-6-3-7-17(15)13-19)18-10-8-14-4-1-2-5-16(14)12-18/h9,11,13-14,16,18,20H,1-8,10,12H2. The van der Waals surface area contributed by atoms with Crippen LogP contribution in [-0.4, -0.2) is 0 Å². The van der Waals surface area contributed by atoms with Gasteiger partial charge in [-0.05, 0) is 73.0 Å². The average molecular weight is 347 g/mol. The number of alkyl halides is 1. The van der Waals surface area contributed by atoms with Gasteiger partial charge in [0.2, 0.25) is 0 Å². The van der Waals surface area contributed by atoms with E-state index in [1.165, 1.54) is 64.2 Å². The van der Waals surface area contributed by atoms with Gasteiger partial charge < -0.3 is 0 Å². The van der Waals surface area contributed by atoms with Crippen molar-refractivity contribution in [2.45, 2.75) is 69.0 Å². The molecule has 3 aliphatic carbocycles. The molecule has 0 saturated heterocycles. The minimum Gasteiger partial charge on any atom is -0.0836 e. The first kappa shape index (κ1) is 14.3. The van der Waals surface area contributed by atoms with Crippen LogP contribution in [0.3, 0.4) is 0 Å². The van der Waals surface area contributed by atoms with Gasteiger partial charge >= 0.3 is 0 Å². The molecule has 0 radical (unpaired) electrons. The summed E-state index contributed by atoms with van der Waals surface area (Å²) in [7, 11) is 0. The van der Waals surface area contributed by atoms with Crippen LogP contribution in [0.1, 0.15) is 72.9 Å². The second-order valence-corrected chi connectivity index (χ2v) is 8.65. The molecule has 4 atom stereocenters. The van der Waals surface area contributed by atoms with E-state index in [0.29, 0.717) is 4.83 Å². The first-order chi connectivity index (χ1) is 10.3. The molecule has 4 rings (SSSR count). The van der Waals surface area contributed by atoms with Crippen LogP contribution < -0.4 is 0 Å². The van der Waals surface area contributed by atoms with Crippen molar-refractivity contribution in [3.8, 4) is 0 Å². The van der Waals surface area contributed by atoms with E-state index in [-0.39, 0.29) is 0 Å². The van der Waals surface area contributed by atoms with Crippen molar-refractivity contribution in [1.82, 2.24) is 0 Å². The number of rotatable bonds is 2. The summed E-state index contributed by atoms with van der Waals surface area (Å²) in [6.07, 6.45) is 14.4. The number of hydrogen-bond acceptors (Lipinski definition) is 0. The largest absolute Gasteiger partial charge is 0.0836 e. The predicted octanol–water partition coefficient (Wildman–Crippen LogP) is 6.22. The van der Waals surface area contributed by atoms with E-state index >= 15 is 0 Å². The van der Waals surface area contributed by atoms with Gasteiger partial charge in [-0.25, -0.2) is 0 Å². The van der Waals surface area contributed by atoms with Crippen molar-refractivity contribution < 1.29 is 0 Å². The van der Waals surface area contributed by atoms with Crippen molar-refractivity contribution in [1.29, 1.82) is 0 Å². The molecule has 3 aliphatic rings. The van der Waals surface area contributed by atoms with Crippen molar-refractivity contribution in [3.05, 3.63) is 34.9 Å². The van der Waals surface area contributed by atoms with Gasteiger partial charge in [0.1, 0.15) is 0 Å². The Labute approximate surface area is 137 Å². The Morgan fingerprint density at radius 2 is 1.67 bits per heavy atom. The highest BCUT2D eigenvalue weighted by atomic mass is 79.9. The molecule has 0 spiro atoms. The van der Waals surface area contributed by atoms with Crippen LogP contribution in [0.4, 0.5) is 0 Å². The summed E-state index contributed by atoms with van der Waals surface area (Å²) in [5.74, 6) is 2.96. The van der Waals surface area contributed by atoms with Crippen LogP contribution in [0.2, 0.25) is 0 Å². The monoisotopic (exact) mass is 346 g/mol. The highest BCUT2D eigenvalue weighted by Crippen LogP contribution is 2.48. The quantitative estimate of drug-likeness (QED) is 0.557. The van der Waals surface area contributed by atoms with E-state index in [1.54, 1.807) is 16.7 Å². The minimum absolute atomic E-state index is 0.589. The van der Waals surface area contributed by atoms with Crippen LogP contribution >= 0.6 is 15.9 Å². The first-order valence-corrected chi connectivity index (χ1v) is 9.98. The van der Waals surface area contributed by atoms with Crippen molar-refractivity contribution in [2.24, 2.45) is 17.8 Å². The Kier molecular flexibility index (Phi) is 4.13. The molecule has 0 N–H and O–H groups in total. The third-order valence-corrected chi connectivity index (χ3v) is 7.71. The van der Waals surface area contributed by atoms with E-state index in [4.69, 9.17) is 0 Å². The smallest absolute Gasteiger partial charge is 0.0423 e. The summed E-state index contributed by atoms with van der Waals surface area (Å²) in [6, 6.07) is 7.31. The summed E-state index contributed by atoms with van der Waals surface area (Å²) in [5, 5.41) is 0. The number of aryl methyl sites for hydroxylation is 2. The number of halogens is 1. The molecular formula is C20H27Br. The van der Waals surface area contributed by atoms with Crippen molar-refractivity contribution in [2.75, 3.05) is 0 Å². The zero-order chi connectivity index (χ0) is 14.2. The lowest BCUT2D eigenvalue weighted by Gasteiger charge is -2.41. The molecule has 4 unspecified atom stereocenters. The van der Waals surface area contributed by atoms with Gasteiger partial charge in [-0.1, -0.05) is 59.8 Å². The normalized spacial score (nSPS) is 33.3. The topological polar surface area (TPSA) is 0 Å². The second-order valence-electron chi connectivity index (χ2n) is 7.66. The zero-order valence-corrected chi connectivity index (χ0v) is 14.6. The fraction of sp³-hybridized carbons (Fsp3) is 0.700. The Morgan fingerprint density at radius 3 is 2.57 bits per heavy atom. The van der Waals surface area contributed by atoms with E-state index in [0.717, 1.165) is 17.8 Å². The molecule has 0 bridgehead atoms. The third kappa shape index (κ3) is 2.83. The predicted molar refractivity (Wildman–Crippen MR) is 92.9 cm³/mol. The van der Waals surface area contributed by atoms with Gasteiger partial charge in [-0.3, -0.25) is 0 Å². The van der Waals surface area contributed by atoms with Gasteiger partial charge in [-0.15, -0.1) is 0 Å². The molecule has 1 aromatic carbocycles. The molecule has 2 fully saturated rings. The van der Waals surface area contributed by atoms with E-state index in [1.807, 2.05) is 0 Å². The highest BCUT2D eigenvalue weighted by molar-refractivity contribution is 9.09. The Hall–Kier alpha value is -0.300. The highest BCUT2D eigenvalue weighted by Gasteiger charge is 2.35. The Balaban J connectivity index is 1.48. The average Bonchev–Trinajstić information content (AvgIpc) is 3.01. The minimum atomic E-state index is 0.589. The molecule has 2 saturated carbocycles. The Morgan fingerprint density at radius 1 is 0.857 bits per heavy atom. The lowest BCUT2D eigenvalue weighted by molar-refractivity contribution is 0.129. The fourth-order valence-electron chi connectivity index (χ4n) is 5.21. The maximum atomic E-state index is 4.07. The van der Waals surface area contributed by atoms with Gasteiger partial charge in [0.05, 0.1) is 0 Å². The molecule has 1 aromatic rings. The molecule has 114 valence electrons. The SMILES string of the molecule is BrC(c1ccc2c(c1)CCC2)C1CCC2CCCCC2C1. The van der Waals surface area contributed by atoms with Gasteiger partial charge in [0.15, 0.2) is 0 Å². The van der Waals surface area contributed by atoms with Crippen LogP contribution in [0.15, 0.2) is 18.2 Å². The number of fused-ring (bicyclic) bond motifs is 2. The number of hydrogen-bond donors (Lipinski definition) is 0. The molecule has 1 heteroatoms. The summed E-state index contributed by atoms with van der Waals surface area (Å²) in [6.45, 7) is 0. The molecule has 0 aliphatic heterocycles. The van der Waals surface area contributed by atoms with Crippen molar-refractivity contribution >= 4 is 15.9 Å². The molecule has 0 heterocycles.